The fourth-order valence-corrected chi connectivity index (χ4v) is 1.62. The van der Waals surface area contributed by atoms with Crippen molar-refractivity contribution in [2.75, 3.05) is 12.3 Å². The van der Waals surface area contributed by atoms with E-state index in [0.29, 0.717) is 11.5 Å². The second-order valence-corrected chi connectivity index (χ2v) is 3.73. The zero-order valence-electron chi connectivity index (χ0n) is 9.21. The topological polar surface area (TPSA) is 130 Å². The van der Waals surface area contributed by atoms with Crippen LogP contribution in [0.15, 0.2) is 4.79 Å². The highest BCUT2D eigenvalue weighted by Crippen LogP contribution is 2.11. The molecule has 17 heavy (non-hydrogen) atoms. The van der Waals surface area contributed by atoms with Crippen LogP contribution in [0.1, 0.15) is 5.82 Å². The number of fused-ring (bicyclic) bond motifs is 1. The summed E-state index contributed by atoms with van der Waals surface area (Å²) in [5.41, 5.74) is 5.49. The number of rotatable bonds is 3. The third-order valence-electron chi connectivity index (χ3n) is 2.42. The predicted molar refractivity (Wildman–Crippen MR) is 60.4 cm³/mol. The van der Waals surface area contributed by atoms with Gasteiger partial charge >= 0.3 is 0 Å². The Kier molecular flexibility index (Phi) is 2.82. The Balaban J connectivity index is 2.62. The molecule has 92 valence electrons. The Bertz CT molecular complexity index is 602. The van der Waals surface area contributed by atoms with E-state index in [0.717, 1.165) is 0 Å². The van der Waals surface area contributed by atoms with E-state index < -0.39 is 11.7 Å². The molecule has 0 aliphatic rings. The Morgan fingerprint density at radius 3 is 2.88 bits per heavy atom. The molecule has 0 aliphatic carbocycles. The molecule has 8 nitrogen and oxygen atoms in total. The SMILES string of the molecule is Cc1nc2c(=O)[nH]c(N)nc2n1C[C@H](O)CO. The molecule has 0 saturated heterocycles. The van der Waals surface area contributed by atoms with Crippen molar-refractivity contribution < 1.29 is 10.2 Å². The van der Waals surface area contributed by atoms with Crippen molar-refractivity contribution in [2.24, 2.45) is 0 Å². The molecule has 2 aromatic heterocycles. The Hall–Kier alpha value is -1.93. The number of aliphatic hydroxyl groups excluding tert-OH is 2. The molecule has 0 amide bonds. The minimum atomic E-state index is -0.937. The van der Waals surface area contributed by atoms with Crippen molar-refractivity contribution in [1.82, 2.24) is 19.5 Å². The van der Waals surface area contributed by atoms with Gasteiger partial charge in [-0.25, -0.2) is 4.98 Å². The molecule has 0 spiro atoms. The van der Waals surface area contributed by atoms with E-state index in [2.05, 4.69) is 15.0 Å². The highest BCUT2D eigenvalue weighted by atomic mass is 16.3. The number of hydrogen-bond acceptors (Lipinski definition) is 6. The number of anilines is 1. The maximum Gasteiger partial charge on any atom is 0.280 e. The van der Waals surface area contributed by atoms with Crippen LogP contribution in [0.2, 0.25) is 0 Å². The summed E-state index contributed by atoms with van der Waals surface area (Å²) in [5.74, 6) is 0.512. The van der Waals surface area contributed by atoms with Crippen molar-refractivity contribution in [1.29, 1.82) is 0 Å². The van der Waals surface area contributed by atoms with Gasteiger partial charge in [-0.3, -0.25) is 9.78 Å². The smallest absolute Gasteiger partial charge is 0.280 e. The highest BCUT2D eigenvalue weighted by Gasteiger charge is 2.15. The average Bonchev–Trinajstić information content (AvgIpc) is 2.57. The number of H-pyrrole nitrogens is 1. The summed E-state index contributed by atoms with van der Waals surface area (Å²) < 4.78 is 1.54. The Morgan fingerprint density at radius 1 is 1.53 bits per heavy atom. The van der Waals surface area contributed by atoms with Gasteiger partial charge in [0.15, 0.2) is 11.2 Å². The number of aromatic nitrogens is 4. The molecule has 0 aliphatic heterocycles. The van der Waals surface area contributed by atoms with Crippen LogP contribution in [0, 0.1) is 6.92 Å². The zero-order chi connectivity index (χ0) is 12.6. The molecule has 2 rings (SSSR count). The monoisotopic (exact) mass is 239 g/mol. The fourth-order valence-electron chi connectivity index (χ4n) is 1.62. The van der Waals surface area contributed by atoms with Crippen molar-refractivity contribution in [2.45, 2.75) is 19.6 Å². The lowest BCUT2D eigenvalue weighted by atomic mass is 10.3. The van der Waals surface area contributed by atoms with E-state index in [1.54, 1.807) is 11.5 Å². The Labute approximate surface area is 95.7 Å². The van der Waals surface area contributed by atoms with Crippen molar-refractivity contribution in [3.63, 3.8) is 0 Å². The maximum absolute atomic E-state index is 11.6. The van der Waals surface area contributed by atoms with E-state index in [4.69, 9.17) is 10.8 Å². The van der Waals surface area contributed by atoms with Crippen LogP contribution in [0.3, 0.4) is 0 Å². The number of nitrogens with zero attached hydrogens (tertiary/aromatic N) is 3. The van der Waals surface area contributed by atoms with E-state index >= 15 is 0 Å². The number of aryl methyl sites for hydroxylation is 1. The number of imidazole rings is 1. The van der Waals surface area contributed by atoms with Gasteiger partial charge < -0.3 is 20.5 Å². The number of nitrogen functional groups attached to an aromatic ring is 1. The van der Waals surface area contributed by atoms with Crippen LogP contribution < -0.4 is 11.3 Å². The largest absolute Gasteiger partial charge is 0.394 e. The third kappa shape index (κ3) is 1.99. The standard InChI is InChI=1S/C9H13N5O3/c1-4-11-6-7(12-9(10)13-8(6)17)14(4)2-5(16)3-15/h5,15-16H,2-3H2,1H3,(H3,10,12,13,17)/t5-/m0/s1. The highest BCUT2D eigenvalue weighted by molar-refractivity contribution is 5.71. The van der Waals surface area contributed by atoms with Crippen LogP contribution >= 0.6 is 0 Å². The molecule has 8 heteroatoms. The normalized spacial score (nSPS) is 13.1. The van der Waals surface area contributed by atoms with E-state index in [-0.39, 0.29) is 24.6 Å². The van der Waals surface area contributed by atoms with Gasteiger partial charge in [0.25, 0.3) is 5.56 Å². The number of nitrogens with one attached hydrogen (secondary N) is 1. The minimum Gasteiger partial charge on any atom is -0.394 e. The second kappa shape index (κ2) is 4.15. The van der Waals surface area contributed by atoms with Crippen molar-refractivity contribution in [3.05, 3.63) is 16.2 Å². The van der Waals surface area contributed by atoms with Gasteiger partial charge in [0.2, 0.25) is 5.95 Å². The molecule has 0 fully saturated rings. The summed E-state index contributed by atoms with van der Waals surface area (Å²) in [7, 11) is 0. The van der Waals surface area contributed by atoms with Crippen molar-refractivity contribution >= 4 is 17.1 Å². The van der Waals surface area contributed by atoms with Gasteiger partial charge in [0.1, 0.15) is 5.82 Å². The van der Waals surface area contributed by atoms with Gasteiger partial charge in [-0.05, 0) is 6.92 Å². The molecule has 5 N–H and O–H groups in total. The molecule has 2 heterocycles. The van der Waals surface area contributed by atoms with Crippen LogP contribution in [-0.4, -0.2) is 42.4 Å². The molecule has 1 atom stereocenters. The molecule has 2 aromatic rings. The van der Waals surface area contributed by atoms with E-state index in [1.807, 2.05) is 0 Å². The summed E-state index contributed by atoms with van der Waals surface area (Å²) in [6, 6.07) is 0. The number of nitrogens with two attached hydrogens (primary N) is 1. The van der Waals surface area contributed by atoms with Gasteiger partial charge in [-0.15, -0.1) is 0 Å². The quantitative estimate of drug-likeness (QED) is 0.508. The molecule has 0 aromatic carbocycles. The van der Waals surface area contributed by atoms with Gasteiger partial charge in [-0.1, -0.05) is 0 Å². The van der Waals surface area contributed by atoms with Crippen LogP contribution in [-0.2, 0) is 6.54 Å². The fraction of sp³-hybridized carbons (Fsp3) is 0.444. The third-order valence-corrected chi connectivity index (χ3v) is 2.42. The first kappa shape index (κ1) is 11.6. The van der Waals surface area contributed by atoms with Gasteiger partial charge in [-0.2, -0.15) is 4.98 Å². The minimum absolute atomic E-state index is 0.0119. The zero-order valence-corrected chi connectivity index (χ0v) is 9.21. The van der Waals surface area contributed by atoms with E-state index in [1.165, 1.54) is 0 Å². The van der Waals surface area contributed by atoms with Crippen LogP contribution in [0.25, 0.3) is 11.2 Å². The summed E-state index contributed by atoms with van der Waals surface area (Å²) in [5, 5.41) is 18.2. The molecule has 0 bridgehead atoms. The number of hydrogen-bond donors (Lipinski definition) is 4. The first-order chi connectivity index (χ1) is 8.02. The van der Waals surface area contributed by atoms with Crippen LogP contribution in [0.5, 0.6) is 0 Å². The van der Waals surface area contributed by atoms with Gasteiger partial charge in [0, 0.05) is 0 Å². The molecular weight excluding hydrogens is 226 g/mol. The molecule has 0 saturated carbocycles. The summed E-state index contributed by atoms with van der Waals surface area (Å²) in [6.07, 6.45) is -0.937. The predicted octanol–water partition coefficient (Wildman–Crippen LogP) is -1.64. The summed E-state index contributed by atoms with van der Waals surface area (Å²) in [4.78, 5) is 21.9. The first-order valence-corrected chi connectivity index (χ1v) is 5.04. The summed E-state index contributed by atoms with van der Waals surface area (Å²) in [6.45, 7) is 1.41. The second-order valence-electron chi connectivity index (χ2n) is 3.73. The lowest BCUT2D eigenvalue weighted by Crippen LogP contribution is -2.21. The Morgan fingerprint density at radius 2 is 2.24 bits per heavy atom. The van der Waals surface area contributed by atoms with Gasteiger partial charge in [0.05, 0.1) is 19.3 Å². The van der Waals surface area contributed by atoms with Crippen molar-refractivity contribution in [3.8, 4) is 0 Å². The average molecular weight is 239 g/mol. The first-order valence-electron chi connectivity index (χ1n) is 5.04. The number of aromatic amines is 1. The van der Waals surface area contributed by atoms with E-state index in [9.17, 15) is 9.90 Å². The lowest BCUT2D eigenvalue weighted by Gasteiger charge is -2.10. The van der Waals surface area contributed by atoms with Crippen LogP contribution in [0.4, 0.5) is 5.95 Å². The number of aliphatic hydroxyl groups is 2. The molecular formula is C9H13N5O3. The lowest BCUT2D eigenvalue weighted by molar-refractivity contribution is 0.0815. The summed E-state index contributed by atoms with van der Waals surface area (Å²) >= 11 is 0. The maximum atomic E-state index is 11.6. The molecule has 0 radical (unpaired) electrons. The molecule has 0 unspecified atom stereocenters.